The fourth-order valence-electron chi connectivity index (χ4n) is 11.2. The van der Waals surface area contributed by atoms with Crippen LogP contribution in [0.5, 0.6) is 0 Å². The van der Waals surface area contributed by atoms with Crippen molar-refractivity contribution < 1.29 is 59.2 Å². The second-order valence-electron chi connectivity index (χ2n) is 16.6. The topological polar surface area (TPSA) is 208 Å². The van der Waals surface area contributed by atoms with Crippen LogP contribution in [0.3, 0.4) is 0 Å². The van der Waals surface area contributed by atoms with Crippen LogP contribution in [0.4, 0.5) is 0 Å². The van der Waals surface area contributed by atoms with E-state index in [0.717, 1.165) is 41.9 Å². The number of aliphatic hydroxyl groups is 5. The summed E-state index contributed by atoms with van der Waals surface area (Å²) in [5.41, 5.74) is -2.99. The maximum absolute atomic E-state index is 13.2. The van der Waals surface area contributed by atoms with Crippen LogP contribution >= 0.6 is 0 Å². The summed E-state index contributed by atoms with van der Waals surface area (Å²) in [4.78, 5) is 29.0. The first-order valence-electron chi connectivity index (χ1n) is 19.8. The molecule has 0 aromatic carbocycles. The fraction of sp³-hybridized carbons (Fsp3) is 0.707. The molecule has 4 fully saturated rings. The van der Waals surface area contributed by atoms with E-state index in [1.165, 1.54) is 20.0 Å². The third-order valence-electron chi connectivity index (χ3n) is 14.0. The highest BCUT2D eigenvalue weighted by atomic mass is 16.7. The summed E-state index contributed by atoms with van der Waals surface area (Å²) in [6.07, 6.45) is 6.94. The predicted molar refractivity (Wildman–Crippen MR) is 195 cm³/mol. The van der Waals surface area contributed by atoms with Crippen LogP contribution < -0.4 is 10.6 Å². The number of fused-ring (bicyclic) bond motifs is 2. The van der Waals surface area contributed by atoms with Gasteiger partial charge in [0.25, 0.3) is 0 Å². The zero-order valence-corrected chi connectivity index (χ0v) is 31.4. The normalized spacial score (nSPS) is 36.3. The lowest BCUT2D eigenvalue weighted by atomic mass is 9.60. The lowest BCUT2D eigenvalue weighted by Crippen LogP contribution is -2.83. The number of ether oxygens (including phenoxy) is 4. The molecule has 13 heteroatoms. The Labute approximate surface area is 315 Å². The maximum atomic E-state index is 13.2. The molecule has 298 valence electrons. The van der Waals surface area contributed by atoms with Crippen molar-refractivity contribution >= 4 is 23.3 Å². The summed E-state index contributed by atoms with van der Waals surface area (Å²) in [5, 5.41) is 69.4. The number of aliphatic carboxylic acids is 1. The fourth-order valence-corrected chi connectivity index (χ4v) is 11.2. The average molecular weight is 756 g/mol. The highest BCUT2D eigenvalue weighted by molar-refractivity contribution is 5.90. The van der Waals surface area contributed by atoms with E-state index >= 15 is 0 Å². The molecule has 4 aliphatic carbocycles. The summed E-state index contributed by atoms with van der Waals surface area (Å²) >= 11 is 0. The third-order valence-corrected chi connectivity index (χ3v) is 14.0. The molecule has 1 saturated heterocycles. The second kappa shape index (κ2) is 14.8. The monoisotopic (exact) mass is 755 g/mol. The highest BCUT2D eigenvalue weighted by Gasteiger charge is 2.76. The molecular formula is C41H57NO12. The van der Waals surface area contributed by atoms with Gasteiger partial charge in [-0.2, -0.15) is 0 Å². The molecule has 13 nitrogen and oxygen atoms in total. The molecule has 0 unspecified atom stereocenters. The van der Waals surface area contributed by atoms with Crippen LogP contribution in [0.2, 0.25) is 0 Å². The van der Waals surface area contributed by atoms with Crippen molar-refractivity contribution in [1.29, 1.82) is 0 Å². The van der Waals surface area contributed by atoms with Crippen molar-refractivity contribution in [1.82, 2.24) is 4.98 Å². The van der Waals surface area contributed by atoms with Gasteiger partial charge in [-0.3, -0.25) is 4.79 Å². The van der Waals surface area contributed by atoms with E-state index < -0.39 is 84.1 Å². The predicted octanol–water partition coefficient (Wildman–Crippen LogP) is 2.03. The van der Waals surface area contributed by atoms with Gasteiger partial charge in [0.15, 0.2) is 11.2 Å². The molecule has 54 heavy (non-hydrogen) atoms. The lowest BCUT2D eigenvalue weighted by Gasteiger charge is -2.65. The molecule has 2 spiro atoms. The summed E-state index contributed by atoms with van der Waals surface area (Å²) in [7, 11) is 1.24. The smallest absolute Gasteiger partial charge is 0.333 e. The van der Waals surface area contributed by atoms with Gasteiger partial charge in [-0.05, 0) is 68.4 Å². The first-order chi connectivity index (χ1) is 25.9. The highest BCUT2D eigenvalue weighted by Crippen LogP contribution is 2.60. The van der Waals surface area contributed by atoms with Crippen LogP contribution in [-0.2, 0) is 28.5 Å². The number of hydrogen-bond acceptors (Lipinski definition) is 11. The van der Waals surface area contributed by atoms with Crippen molar-refractivity contribution in [3.63, 3.8) is 0 Å². The largest absolute Gasteiger partial charge is 0.481 e. The number of carbonyl (C=O) groups is 2. The van der Waals surface area contributed by atoms with Crippen molar-refractivity contribution in [2.24, 2.45) is 23.2 Å². The Bertz CT molecular complexity index is 1770. The Kier molecular flexibility index (Phi) is 10.7. The van der Waals surface area contributed by atoms with Crippen LogP contribution in [0.25, 0.3) is 11.3 Å². The number of hydrogen-bond donors (Lipinski definition) is 7. The van der Waals surface area contributed by atoms with Gasteiger partial charge in [0, 0.05) is 46.8 Å². The summed E-state index contributed by atoms with van der Waals surface area (Å²) in [6.45, 7) is 4.55. The Balaban J connectivity index is 1.35. The third kappa shape index (κ3) is 5.83. The van der Waals surface area contributed by atoms with Crippen LogP contribution in [0.1, 0.15) is 102 Å². The van der Waals surface area contributed by atoms with Gasteiger partial charge in [0.2, 0.25) is 5.79 Å². The number of aliphatic hydroxyl groups excluding tert-OH is 4. The van der Waals surface area contributed by atoms with Gasteiger partial charge in [0.1, 0.15) is 24.6 Å². The zero-order valence-electron chi connectivity index (χ0n) is 31.4. The second-order valence-corrected chi connectivity index (χ2v) is 16.6. The van der Waals surface area contributed by atoms with Gasteiger partial charge in [-0.1, -0.05) is 44.8 Å². The number of aromatic amines is 1. The molecule has 2 aliphatic heterocycles. The van der Waals surface area contributed by atoms with E-state index in [1.54, 1.807) is 12.2 Å². The van der Waals surface area contributed by atoms with Crippen molar-refractivity contribution in [3.8, 4) is 0 Å². The Morgan fingerprint density at radius 3 is 2.46 bits per heavy atom. The van der Waals surface area contributed by atoms with Gasteiger partial charge >= 0.3 is 11.9 Å². The molecule has 7 N–H and O–H groups in total. The van der Waals surface area contributed by atoms with E-state index in [1.807, 2.05) is 0 Å². The lowest BCUT2D eigenvalue weighted by molar-refractivity contribution is -0.439. The van der Waals surface area contributed by atoms with E-state index in [4.69, 9.17) is 18.9 Å². The molecule has 1 aromatic heterocycles. The van der Waals surface area contributed by atoms with Crippen molar-refractivity contribution in [2.75, 3.05) is 26.9 Å². The average Bonchev–Trinajstić information content (AvgIpc) is 3.96. The molecule has 2 bridgehead atoms. The number of rotatable bonds is 13. The van der Waals surface area contributed by atoms with E-state index in [0.29, 0.717) is 42.9 Å². The molecule has 0 amide bonds. The number of methoxy groups -OCH3 is 1. The molecule has 6 aliphatic rings. The summed E-state index contributed by atoms with van der Waals surface area (Å²) in [5.74, 6) is -4.58. The number of carbonyl (C=O) groups excluding carboxylic acids is 1. The molecule has 1 aromatic rings. The van der Waals surface area contributed by atoms with Crippen molar-refractivity contribution in [3.05, 3.63) is 46.6 Å². The van der Waals surface area contributed by atoms with Crippen LogP contribution in [0.15, 0.2) is 30.4 Å². The Morgan fingerprint density at radius 2 is 1.85 bits per heavy atom. The van der Waals surface area contributed by atoms with Gasteiger partial charge in [-0.15, -0.1) is 6.58 Å². The van der Waals surface area contributed by atoms with Gasteiger partial charge < -0.3 is 54.6 Å². The molecule has 7 rings (SSSR count). The molecule has 3 saturated carbocycles. The number of carboxylic acid groups (broad SMARTS) is 1. The maximum Gasteiger partial charge on any atom is 0.333 e. The van der Waals surface area contributed by atoms with E-state index in [-0.39, 0.29) is 30.9 Å². The van der Waals surface area contributed by atoms with Gasteiger partial charge in [-0.25, -0.2) is 4.79 Å². The SMILES string of the molecule is C=C[C@@H]1[C@H](CC(=O)O)C(C(=O)OC)=CC2(CCCC2)[C@H]1O[C@]1(CO)O[C@H](CO)[C@]23OC(CCCO)=c4[nH]c([C@H](C)C5CCCC5)cc4=C2CC[C@@]1(O)[C@H]3O. The quantitative estimate of drug-likeness (QED) is 0.114. The Hall–Kier alpha value is -3.04. The first-order valence-corrected chi connectivity index (χ1v) is 19.8. The van der Waals surface area contributed by atoms with E-state index in [2.05, 4.69) is 24.6 Å². The number of carboxylic acids is 1. The number of nitrogens with one attached hydrogen (secondary N) is 1. The molecular weight excluding hydrogens is 698 g/mol. The zero-order chi connectivity index (χ0) is 38.6. The number of esters is 1. The van der Waals surface area contributed by atoms with Gasteiger partial charge in [0.05, 0.1) is 31.6 Å². The molecule has 0 radical (unpaired) electrons. The number of H-pyrrole nitrogens is 1. The Morgan fingerprint density at radius 1 is 1.13 bits per heavy atom. The minimum absolute atomic E-state index is 0.0995. The standard InChI is InChI=1S/C41H57NO12/c1-4-25-26(19-33(46)47)28(36(48)51-3)20-38(14-7-8-15-38)35(25)54-40(22-45)39(50)16-13-29-27-18-30(23(2)24-10-5-6-11-24)42-34(27)31(12-9-17-43)52-41(29,37(39)49)32(21-44)53-40/h4,18,20,23-26,32,35,37,42-45,49-50H,1,5-17,19,21-22H2,2-3H3,(H,46,47)/t23-,25-,26+,32-,35+,37-,39-,40+,41-/m1/s1. The minimum atomic E-state index is -2.31. The molecule has 9 atom stereocenters. The van der Waals surface area contributed by atoms with Crippen molar-refractivity contribution in [2.45, 2.75) is 132 Å². The van der Waals surface area contributed by atoms with Crippen LogP contribution in [0, 0.1) is 23.2 Å². The van der Waals surface area contributed by atoms with Crippen LogP contribution in [-0.4, -0.2) is 110 Å². The first kappa shape index (κ1) is 39.2. The summed E-state index contributed by atoms with van der Waals surface area (Å²) < 4.78 is 25.5. The van der Waals surface area contributed by atoms with E-state index in [9.17, 15) is 40.2 Å². The minimum Gasteiger partial charge on any atom is -0.481 e. The summed E-state index contributed by atoms with van der Waals surface area (Å²) in [6, 6.07) is 2.10. The molecule has 3 heterocycles. The number of aromatic nitrogens is 1.